The van der Waals surface area contributed by atoms with Gasteiger partial charge in [0, 0.05) is 20.4 Å². The molecule has 1 N–H and O–H groups in total. The minimum atomic E-state index is -0.0386. The molecule has 0 aliphatic carbocycles. The lowest BCUT2D eigenvalue weighted by atomic mass is 10.1. The molecule has 4 nitrogen and oxygen atoms in total. The summed E-state index contributed by atoms with van der Waals surface area (Å²) >= 11 is 0. The molecule has 1 heterocycles. The molecule has 1 aromatic heterocycles. The molecular formula is C10H17N3O. The van der Waals surface area contributed by atoms with Crippen LogP contribution in [0.4, 0.5) is 5.82 Å². The Morgan fingerprint density at radius 2 is 2.14 bits per heavy atom. The first-order valence-electron chi connectivity index (χ1n) is 4.72. The van der Waals surface area contributed by atoms with Crippen LogP contribution in [0.1, 0.15) is 25.8 Å². The highest BCUT2D eigenvalue weighted by molar-refractivity contribution is 5.31. The second-order valence-electron chi connectivity index (χ2n) is 3.45. The van der Waals surface area contributed by atoms with Crippen molar-refractivity contribution in [2.24, 2.45) is 5.92 Å². The van der Waals surface area contributed by atoms with Gasteiger partial charge in [0.2, 0.25) is 0 Å². The predicted molar refractivity (Wildman–Crippen MR) is 56.2 cm³/mol. The predicted octanol–water partition coefficient (Wildman–Crippen LogP) is 1.86. The van der Waals surface area contributed by atoms with Crippen molar-refractivity contribution in [3.8, 4) is 0 Å². The molecule has 0 aromatic carbocycles. The summed E-state index contributed by atoms with van der Waals surface area (Å²) in [6.45, 7) is 4.17. The van der Waals surface area contributed by atoms with E-state index < -0.39 is 0 Å². The maximum atomic E-state index is 5.34. The Balaban J connectivity index is 2.92. The zero-order valence-corrected chi connectivity index (χ0v) is 9.11. The van der Waals surface area contributed by atoms with Crippen molar-refractivity contribution in [2.45, 2.75) is 20.0 Å². The fourth-order valence-electron chi connectivity index (χ4n) is 1.33. The van der Waals surface area contributed by atoms with Gasteiger partial charge in [-0.25, -0.2) is 9.97 Å². The van der Waals surface area contributed by atoms with Crippen molar-refractivity contribution in [3.05, 3.63) is 18.1 Å². The molecule has 0 radical (unpaired) electrons. The number of nitrogens with zero attached hydrogens (tertiary/aromatic N) is 2. The molecular weight excluding hydrogens is 178 g/mol. The number of methoxy groups -OCH3 is 1. The summed E-state index contributed by atoms with van der Waals surface area (Å²) in [5.41, 5.74) is 0. The Morgan fingerprint density at radius 1 is 1.43 bits per heavy atom. The Hall–Kier alpha value is -1.16. The van der Waals surface area contributed by atoms with Crippen molar-refractivity contribution in [1.82, 2.24) is 9.97 Å². The van der Waals surface area contributed by atoms with Gasteiger partial charge in [0.25, 0.3) is 0 Å². The summed E-state index contributed by atoms with van der Waals surface area (Å²) in [7, 11) is 3.52. The van der Waals surface area contributed by atoms with Gasteiger partial charge in [0.1, 0.15) is 11.9 Å². The number of nitrogens with one attached hydrogen (secondary N) is 1. The minimum Gasteiger partial charge on any atom is -0.373 e. The van der Waals surface area contributed by atoms with E-state index in [-0.39, 0.29) is 6.10 Å². The molecule has 1 aromatic rings. The van der Waals surface area contributed by atoms with Crippen LogP contribution in [-0.2, 0) is 4.74 Å². The third-order valence-corrected chi connectivity index (χ3v) is 2.04. The average molecular weight is 195 g/mol. The molecule has 0 amide bonds. The maximum Gasteiger partial charge on any atom is 0.159 e. The molecule has 4 heteroatoms. The van der Waals surface area contributed by atoms with E-state index in [1.165, 1.54) is 0 Å². The lowest BCUT2D eigenvalue weighted by molar-refractivity contribution is 0.0576. The maximum absolute atomic E-state index is 5.34. The molecule has 0 spiro atoms. The highest BCUT2D eigenvalue weighted by Gasteiger charge is 2.17. The molecule has 1 atom stereocenters. The van der Waals surface area contributed by atoms with Gasteiger partial charge in [-0.05, 0) is 12.0 Å². The van der Waals surface area contributed by atoms with Gasteiger partial charge in [-0.15, -0.1) is 0 Å². The van der Waals surface area contributed by atoms with Crippen LogP contribution in [0.5, 0.6) is 0 Å². The summed E-state index contributed by atoms with van der Waals surface area (Å²) in [4.78, 5) is 8.54. The summed E-state index contributed by atoms with van der Waals surface area (Å²) in [6.07, 6.45) is 1.70. The van der Waals surface area contributed by atoms with E-state index >= 15 is 0 Å². The third-order valence-electron chi connectivity index (χ3n) is 2.04. The average Bonchev–Trinajstić information content (AvgIpc) is 2.19. The monoisotopic (exact) mass is 195 g/mol. The Kier molecular flexibility index (Phi) is 3.83. The number of anilines is 1. The van der Waals surface area contributed by atoms with E-state index in [0.717, 1.165) is 11.6 Å². The molecule has 0 bridgehead atoms. The molecule has 0 saturated heterocycles. The summed E-state index contributed by atoms with van der Waals surface area (Å²) in [6, 6.07) is 1.83. The summed E-state index contributed by atoms with van der Waals surface area (Å²) in [5, 5.41) is 2.98. The van der Waals surface area contributed by atoms with Gasteiger partial charge >= 0.3 is 0 Å². The summed E-state index contributed by atoms with van der Waals surface area (Å²) < 4.78 is 5.34. The largest absolute Gasteiger partial charge is 0.373 e. The van der Waals surface area contributed by atoms with Crippen LogP contribution in [0.25, 0.3) is 0 Å². The van der Waals surface area contributed by atoms with Crippen molar-refractivity contribution >= 4 is 5.82 Å². The lowest BCUT2D eigenvalue weighted by Gasteiger charge is -2.17. The number of rotatable bonds is 4. The molecule has 0 saturated carbocycles. The lowest BCUT2D eigenvalue weighted by Crippen LogP contribution is -2.13. The zero-order chi connectivity index (χ0) is 10.6. The molecule has 0 aliphatic heterocycles. The Bertz CT molecular complexity index is 288. The highest BCUT2D eigenvalue weighted by atomic mass is 16.5. The molecule has 0 fully saturated rings. The van der Waals surface area contributed by atoms with Crippen LogP contribution in [-0.4, -0.2) is 24.1 Å². The van der Waals surface area contributed by atoms with Crippen LogP contribution in [0, 0.1) is 5.92 Å². The van der Waals surface area contributed by atoms with Gasteiger partial charge in [-0.2, -0.15) is 0 Å². The van der Waals surface area contributed by atoms with Crippen molar-refractivity contribution in [2.75, 3.05) is 19.5 Å². The van der Waals surface area contributed by atoms with E-state index in [9.17, 15) is 0 Å². The van der Waals surface area contributed by atoms with Crippen LogP contribution < -0.4 is 5.32 Å². The first kappa shape index (κ1) is 10.9. The normalized spacial score (nSPS) is 12.9. The number of aromatic nitrogens is 2. The molecule has 78 valence electrons. The smallest absolute Gasteiger partial charge is 0.159 e. The Morgan fingerprint density at radius 3 is 2.64 bits per heavy atom. The second-order valence-corrected chi connectivity index (χ2v) is 3.45. The SMILES string of the molecule is CNc1ccnc(C(OC)C(C)C)n1. The highest BCUT2D eigenvalue weighted by Crippen LogP contribution is 2.22. The van der Waals surface area contributed by atoms with Crippen LogP contribution in [0.3, 0.4) is 0 Å². The van der Waals surface area contributed by atoms with Gasteiger partial charge < -0.3 is 10.1 Å². The zero-order valence-electron chi connectivity index (χ0n) is 9.11. The van der Waals surface area contributed by atoms with Gasteiger partial charge in [-0.1, -0.05) is 13.8 Å². The van der Waals surface area contributed by atoms with E-state index in [1.54, 1.807) is 13.3 Å². The molecule has 1 rings (SSSR count). The van der Waals surface area contributed by atoms with E-state index in [0.29, 0.717) is 5.92 Å². The quantitative estimate of drug-likeness (QED) is 0.796. The van der Waals surface area contributed by atoms with Gasteiger partial charge in [0.05, 0.1) is 0 Å². The second kappa shape index (κ2) is 4.91. The van der Waals surface area contributed by atoms with Gasteiger partial charge in [0.15, 0.2) is 5.82 Å². The van der Waals surface area contributed by atoms with Gasteiger partial charge in [-0.3, -0.25) is 0 Å². The number of hydrogen-bond donors (Lipinski definition) is 1. The van der Waals surface area contributed by atoms with Crippen LogP contribution in [0.15, 0.2) is 12.3 Å². The standard InChI is InChI=1S/C10H17N3O/c1-7(2)9(14-4)10-12-6-5-8(11-3)13-10/h5-7,9H,1-4H3,(H,11,12,13). The fraction of sp³-hybridized carbons (Fsp3) is 0.600. The van der Waals surface area contributed by atoms with E-state index in [2.05, 4.69) is 29.1 Å². The first-order chi connectivity index (χ1) is 6.69. The third kappa shape index (κ3) is 2.42. The number of hydrogen-bond acceptors (Lipinski definition) is 4. The Labute approximate surface area is 84.7 Å². The van der Waals surface area contributed by atoms with Crippen molar-refractivity contribution < 1.29 is 4.74 Å². The van der Waals surface area contributed by atoms with Crippen LogP contribution >= 0.6 is 0 Å². The summed E-state index contributed by atoms with van der Waals surface area (Å²) in [5.74, 6) is 1.92. The van der Waals surface area contributed by atoms with Crippen LogP contribution in [0.2, 0.25) is 0 Å². The minimum absolute atomic E-state index is 0.0386. The van der Waals surface area contributed by atoms with E-state index in [4.69, 9.17) is 4.74 Å². The molecule has 14 heavy (non-hydrogen) atoms. The van der Waals surface area contributed by atoms with Crippen molar-refractivity contribution in [3.63, 3.8) is 0 Å². The fourth-order valence-corrected chi connectivity index (χ4v) is 1.33. The first-order valence-corrected chi connectivity index (χ1v) is 4.72. The number of ether oxygens (including phenoxy) is 1. The van der Waals surface area contributed by atoms with Crippen molar-refractivity contribution in [1.29, 1.82) is 0 Å². The topological polar surface area (TPSA) is 47.0 Å². The molecule has 0 aliphatic rings. The van der Waals surface area contributed by atoms with E-state index in [1.807, 2.05) is 13.1 Å². The molecule has 1 unspecified atom stereocenters.